The highest BCUT2D eigenvalue weighted by atomic mass is 16.3. The Morgan fingerprint density at radius 1 is 1.53 bits per heavy atom. The molecule has 1 saturated carbocycles. The van der Waals surface area contributed by atoms with E-state index in [1.54, 1.807) is 6.08 Å². The van der Waals surface area contributed by atoms with Crippen LogP contribution in [0.2, 0.25) is 0 Å². The van der Waals surface area contributed by atoms with Gasteiger partial charge in [-0.1, -0.05) is 26.3 Å². The van der Waals surface area contributed by atoms with Gasteiger partial charge in [-0.3, -0.25) is 0 Å². The molecule has 17 heavy (non-hydrogen) atoms. The fourth-order valence-corrected chi connectivity index (χ4v) is 2.28. The summed E-state index contributed by atoms with van der Waals surface area (Å²) in [4.78, 5) is 0. The Balaban J connectivity index is 3.07. The van der Waals surface area contributed by atoms with Gasteiger partial charge in [0.2, 0.25) is 0 Å². The van der Waals surface area contributed by atoms with Gasteiger partial charge in [-0.05, 0) is 43.9 Å². The predicted molar refractivity (Wildman–Crippen MR) is 70.3 cm³/mol. The normalized spacial score (nSPS) is 32.1. The van der Waals surface area contributed by atoms with Crippen LogP contribution in [0.1, 0.15) is 40.0 Å². The highest BCUT2D eigenvalue weighted by Gasteiger charge is 2.45. The van der Waals surface area contributed by atoms with E-state index >= 15 is 0 Å². The lowest BCUT2D eigenvalue weighted by atomic mass is 9.63. The van der Waals surface area contributed by atoms with Crippen molar-refractivity contribution in [2.75, 3.05) is 0 Å². The fourth-order valence-electron chi connectivity index (χ4n) is 2.28. The molecule has 0 saturated heterocycles. The summed E-state index contributed by atoms with van der Waals surface area (Å²) in [6.07, 6.45) is 11.1. The van der Waals surface area contributed by atoms with Gasteiger partial charge in [-0.25, -0.2) is 0 Å². The molecule has 0 aromatic heterocycles. The molecular formula is C15H22O2. The Morgan fingerprint density at radius 3 is 2.59 bits per heavy atom. The lowest BCUT2D eigenvalue weighted by Crippen LogP contribution is -2.47. The van der Waals surface area contributed by atoms with E-state index in [1.807, 2.05) is 13.8 Å². The second-order valence-electron chi connectivity index (χ2n) is 5.73. The second kappa shape index (κ2) is 4.33. The SMILES string of the molecule is C#CC(C)(O)C=CC1(O)C(=C)CCCC1(C)C. The van der Waals surface area contributed by atoms with Crippen LogP contribution in [0.4, 0.5) is 0 Å². The van der Waals surface area contributed by atoms with Gasteiger partial charge in [0.25, 0.3) is 0 Å². The van der Waals surface area contributed by atoms with Crippen LogP contribution in [0, 0.1) is 17.8 Å². The number of rotatable bonds is 2. The molecule has 0 aliphatic heterocycles. The summed E-state index contributed by atoms with van der Waals surface area (Å²) in [5.74, 6) is 2.27. The van der Waals surface area contributed by atoms with E-state index in [0.29, 0.717) is 0 Å². The van der Waals surface area contributed by atoms with E-state index in [1.165, 1.54) is 13.0 Å². The van der Waals surface area contributed by atoms with Crippen LogP contribution in [-0.4, -0.2) is 21.4 Å². The van der Waals surface area contributed by atoms with E-state index < -0.39 is 11.2 Å². The number of hydrogen-bond donors (Lipinski definition) is 2. The number of terminal acetylenes is 1. The van der Waals surface area contributed by atoms with Crippen molar-refractivity contribution in [3.05, 3.63) is 24.3 Å². The largest absolute Gasteiger partial charge is 0.381 e. The minimum Gasteiger partial charge on any atom is -0.381 e. The lowest BCUT2D eigenvalue weighted by Gasteiger charge is -2.46. The molecule has 2 atom stereocenters. The Kier molecular flexibility index (Phi) is 3.57. The van der Waals surface area contributed by atoms with Gasteiger partial charge in [0, 0.05) is 5.41 Å². The molecule has 0 amide bonds. The third kappa shape index (κ3) is 2.62. The number of hydrogen-bond acceptors (Lipinski definition) is 2. The molecular weight excluding hydrogens is 212 g/mol. The molecule has 0 spiro atoms. The monoisotopic (exact) mass is 234 g/mol. The third-order valence-electron chi connectivity index (χ3n) is 3.79. The predicted octanol–water partition coefficient (Wildman–Crippen LogP) is 2.42. The van der Waals surface area contributed by atoms with Crippen LogP contribution in [0.15, 0.2) is 24.3 Å². The molecule has 1 rings (SSSR count). The summed E-state index contributed by atoms with van der Waals surface area (Å²) >= 11 is 0. The van der Waals surface area contributed by atoms with Crippen molar-refractivity contribution in [1.29, 1.82) is 0 Å². The highest BCUT2D eigenvalue weighted by Crippen LogP contribution is 2.47. The van der Waals surface area contributed by atoms with E-state index in [-0.39, 0.29) is 5.41 Å². The van der Waals surface area contributed by atoms with E-state index in [2.05, 4.69) is 12.5 Å². The van der Waals surface area contributed by atoms with Crippen LogP contribution in [0.5, 0.6) is 0 Å². The fraction of sp³-hybridized carbons (Fsp3) is 0.600. The van der Waals surface area contributed by atoms with Gasteiger partial charge in [-0.15, -0.1) is 6.42 Å². The molecule has 2 nitrogen and oxygen atoms in total. The molecule has 0 heterocycles. The van der Waals surface area contributed by atoms with Crippen LogP contribution in [0.3, 0.4) is 0 Å². The van der Waals surface area contributed by atoms with E-state index in [4.69, 9.17) is 6.42 Å². The van der Waals surface area contributed by atoms with Gasteiger partial charge in [0.05, 0.1) is 0 Å². The van der Waals surface area contributed by atoms with Crippen molar-refractivity contribution < 1.29 is 10.2 Å². The zero-order valence-electron chi connectivity index (χ0n) is 11.0. The summed E-state index contributed by atoms with van der Waals surface area (Å²) in [6, 6.07) is 0. The molecule has 0 bridgehead atoms. The summed E-state index contributed by atoms with van der Waals surface area (Å²) in [5, 5.41) is 20.5. The molecule has 94 valence electrons. The van der Waals surface area contributed by atoms with E-state index in [9.17, 15) is 10.2 Å². The van der Waals surface area contributed by atoms with Gasteiger partial charge in [0.1, 0.15) is 11.2 Å². The molecule has 1 fully saturated rings. The smallest absolute Gasteiger partial charge is 0.141 e. The first-order valence-electron chi connectivity index (χ1n) is 5.96. The maximum absolute atomic E-state index is 10.8. The van der Waals surface area contributed by atoms with E-state index in [0.717, 1.165) is 24.8 Å². The van der Waals surface area contributed by atoms with Gasteiger partial charge in [-0.2, -0.15) is 0 Å². The van der Waals surface area contributed by atoms with Gasteiger partial charge >= 0.3 is 0 Å². The average Bonchev–Trinajstić information content (AvgIpc) is 2.23. The quantitative estimate of drug-likeness (QED) is 0.569. The van der Waals surface area contributed by atoms with Gasteiger partial charge in [0.15, 0.2) is 0 Å². The minimum absolute atomic E-state index is 0.288. The zero-order valence-corrected chi connectivity index (χ0v) is 11.0. The molecule has 1 aliphatic rings. The zero-order chi connectivity index (χ0) is 13.3. The Bertz CT molecular complexity index is 382. The van der Waals surface area contributed by atoms with Crippen molar-refractivity contribution in [3.63, 3.8) is 0 Å². The Hall–Kier alpha value is -1.04. The van der Waals surface area contributed by atoms with Crippen LogP contribution < -0.4 is 0 Å². The topological polar surface area (TPSA) is 40.5 Å². The van der Waals surface area contributed by atoms with Crippen molar-refractivity contribution in [2.45, 2.75) is 51.2 Å². The first-order chi connectivity index (χ1) is 7.65. The molecule has 0 aromatic rings. The minimum atomic E-state index is -1.33. The molecule has 1 aliphatic carbocycles. The van der Waals surface area contributed by atoms with Crippen LogP contribution >= 0.6 is 0 Å². The summed E-state index contributed by atoms with van der Waals surface area (Å²) in [6.45, 7) is 9.49. The maximum atomic E-state index is 10.8. The molecule has 0 aromatic carbocycles. The third-order valence-corrected chi connectivity index (χ3v) is 3.79. The standard InChI is InChI=1S/C15H22O2/c1-6-14(5,16)10-11-15(17)12(2)8-7-9-13(15,3)4/h1,10-11,16-17H,2,7-9H2,3-5H3. The summed E-state index contributed by atoms with van der Waals surface area (Å²) in [7, 11) is 0. The molecule has 2 heteroatoms. The first-order valence-corrected chi connectivity index (χ1v) is 5.96. The second-order valence-corrected chi connectivity index (χ2v) is 5.73. The highest BCUT2D eigenvalue weighted by molar-refractivity contribution is 5.32. The molecule has 2 N–H and O–H groups in total. The van der Waals surface area contributed by atoms with Crippen molar-refractivity contribution in [2.24, 2.45) is 5.41 Å². The van der Waals surface area contributed by atoms with Gasteiger partial charge < -0.3 is 10.2 Å². The Morgan fingerprint density at radius 2 is 2.12 bits per heavy atom. The van der Waals surface area contributed by atoms with Crippen molar-refractivity contribution in [1.82, 2.24) is 0 Å². The van der Waals surface area contributed by atoms with Crippen molar-refractivity contribution >= 4 is 0 Å². The first kappa shape index (κ1) is 14.0. The maximum Gasteiger partial charge on any atom is 0.141 e. The Labute approximate surface area is 104 Å². The van der Waals surface area contributed by atoms with Crippen LogP contribution in [0.25, 0.3) is 0 Å². The van der Waals surface area contributed by atoms with Crippen LogP contribution in [-0.2, 0) is 0 Å². The average molecular weight is 234 g/mol. The summed E-state index contributed by atoms with van der Waals surface area (Å²) in [5.41, 5.74) is -1.92. The van der Waals surface area contributed by atoms with Crippen molar-refractivity contribution in [3.8, 4) is 12.3 Å². The molecule has 0 radical (unpaired) electrons. The lowest BCUT2D eigenvalue weighted by molar-refractivity contribution is -0.0159. The molecule has 2 unspecified atom stereocenters. The summed E-state index contributed by atoms with van der Waals surface area (Å²) < 4.78 is 0. The number of aliphatic hydroxyl groups is 2.